The van der Waals surface area contributed by atoms with Crippen LogP contribution in [-0.2, 0) is 0 Å². The highest BCUT2D eigenvalue weighted by molar-refractivity contribution is 6.01. The smallest absolute Gasteiger partial charge is 0.168 e. The lowest BCUT2D eigenvalue weighted by molar-refractivity contribution is 0.0857. The van der Waals surface area contributed by atoms with E-state index in [-0.39, 0.29) is 17.0 Å². The molecule has 0 spiro atoms. The topological polar surface area (TPSA) is 34.1 Å². The van der Waals surface area contributed by atoms with Crippen LogP contribution in [0.4, 0.5) is 0 Å². The lowest BCUT2D eigenvalue weighted by Gasteiger charge is -2.16. The largest absolute Gasteiger partial charge is 0.295 e. The van der Waals surface area contributed by atoms with Gasteiger partial charge in [0.15, 0.2) is 11.6 Å². The van der Waals surface area contributed by atoms with E-state index in [0.29, 0.717) is 11.1 Å². The predicted octanol–water partition coefficient (Wildman–Crippen LogP) is 3.12. The SMILES string of the molecule is CC(=O)c1ccc(C(=O)C(C)(C)C)cc1. The van der Waals surface area contributed by atoms with Crippen LogP contribution in [0.1, 0.15) is 48.4 Å². The van der Waals surface area contributed by atoms with Crippen LogP contribution in [0.2, 0.25) is 0 Å². The van der Waals surface area contributed by atoms with E-state index in [1.165, 1.54) is 6.92 Å². The summed E-state index contributed by atoms with van der Waals surface area (Å²) in [5.41, 5.74) is 0.922. The first-order chi connectivity index (χ1) is 6.82. The summed E-state index contributed by atoms with van der Waals surface area (Å²) in [5, 5.41) is 0. The maximum Gasteiger partial charge on any atom is 0.168 e. The van der Waals surface area contributed by atoms with Gasteiger partial charge in [-0.05, 0) is 6.92 Å². The van der Waals surface area contributed by atoms with Crippen molar-refractivity contribution in [3.05, 3.63) is 35.4 Å². The zero-order valence-corrected chi connectivity index (χ0v) is 9.63. The highest BCUT2D eigenvalue weighted by Gasteiger charge is 2.22. The van der Waals surface area contributed by atoms with Crippen LogP contribution in [0, 0.1) is 5.41 Å². The van der Waals surface area contributed by atoms with Gasteiger partial charge in [-0.2, -0.15) is 0 Å². The highest BCUT2D eigenvalue weighted by Crippen LogP contribution is 2.20. The number of carbonyl (C=O) groups is 2. The Labute approximate surface area is 90.3 Å². The van der Waals surface area contributed by atoms with E-state index in [9.17, 15) is 9.59 Å². The highest BCUT2D eigenvalue weighted by atomic mass is 16.1. The first-order valence-electron chi connectivity index (χ1n) is 4.98. The third-order valence-electron chi connectivity index (χ3n) is 2.23. The first kappa shape index (κ1) is 11.6. The summed E-state index contributed by atoms with van der Waals surface area (Å²) in [6.07, 6.45) is 0. The average molecular weight is 204 g/mol. The number of hydrogen-bond acceptors (Lipinski definition) is 2. The Morgan fingerprint density at radius 1 is 0.933 bits per heavy atom. The molecule has 0 atom stereocenters. The van der Waals surface area contributed by atoms with E-state index in [1.807, 2.05) is 20.8 Å². The second kappa shape index (κ2) is 3.97. The van der Waals surface area contributed by atoms with Gasteiger partial charge in [0.1, 0.15) is 0 Å². The Bertz CT molecular complexity index is 380. The molecule has 0 heterocycles. The molecule has 1 aromatic carbocycles. The average Bonchev–Trinajstić information content (AvgIpc) is 2.15. The standard InChI is InChI=1S/C13H16O2/c1-9(14)10-5-7-11(8-6-10)12(15)13(2,3)4/h5-8H,1-4H3. The summed E-state index contributed by atoms with van der Waals surface area (Å²) in [5.74, 6) is 0.113. The molecule has 0 saturated carbocycles. The minimum atomic E-state index is -0.377. The summed E-state index contributed by atoms with van der Waals surface area (Å²) in [6, 6.07) is 6.82. The number of rotatable bonds is 2. The van der Waals surface area contributed by atoms with Gasteiger partial charge in [-0.25, -0.2) is 0 Å². The molecule has 0 fully saturated rings. The van der Waals surface area contributed by atoms with Crippen molar-refractivity contribution in [1.29, 1.82) is 0 Å². The maximum absolute atomic E-state index is 11.9. The van der Waals surface area contributed by atoms with Gasteiger partial charge >= 0.3 is 0 Å². The zero-order valence-electron chi connectivity index (χ0n) is 9.63. The van der Waals surface area contributed by atoms with Crippen LogP contribution in [0.25, 0.3) is 0 Å². The van der Waals surface area contributed by atoms with E-state index in [4.69, 9.17) is 0 Å². The molecule has 0 bridgehead atoms. The Morgan fingerprint density at radius 3 is 1.67 bits per heavy atom. The summed E-state index contributed by atoms with van der Waals surface area (Å²) in [7, 11) is 0. The predicted molar refractivity (Wildman–Crippen MR) is 60.2 cm³/mol. The Hall–Kier alpha value is -1.44. The summed E-state index contributed by atoms with van der Waals surface area (Å²) < 4.78 is 0. The van der Waals surface area contributed by atoms with Crippen molar-refractivity contribution in [2.45, 2.75) is 27.7 Å². The zero-order chi connectivity index (χ0) is 11.6. The molecule has 0 aliphatic heterocycles. The molecule has 15 heavy (non-hydrogen) atoms. The van der Waals surface area contributed by atoms with Crippen molar-refractivity contribution in [2.75, 3.05) is 0 Å². The molecule has 0 aromatic heterocycles. The van der Waals surface area contributed by atoms with Crippen molar-refractivity contribution in [1.82, 2.24) is 0 Å². The molecule has 0 radical (unpaired) electrons. The van der Waals surface area contributed by atoms with Crippen molar-refractivity contribution >= 4 is 11.6 Å². The van der Waals surface area contributed by atoms with Gasteiger partial charge in [-0.15, -0.1) is 0 Å². The minimum absolute atomic E-state index is 0.0183. The van der Waals surface area contributed by atoms with Crippen LogP contribution in [0.3, 0.4) is 0 Å². The minimum Gasteiger partial charge on any atom is -0.295 e. The van der Waals surface area contributed by atoms with Crippen molar-refractivity contribution in [3.63, 3.8) is 0 Å². The molecule has 1 aromatic rings. The van der Waals surface area contributed by atoms with Gasteiger partial charge in [0.05, 0.1) is 0 Å². The summed E-state index contributed by atoms with van der Waals surface area (Å²) in [4.78, 5) is 22.9. The van der Waals surface area contributed by atoms with E-state index in [1.54, 1.807) is 24.3 Å². The molecule has 0 N–H and O–H groups in total. The molecule has 2 nitrogen and oxygen atoms in total. The summed E-state index contributed by atoms with van der Waals surface area (Å²) >= 11 is 0. The molecular formula is C13H16O2. The Kier molecular flexibility index (Phi) is 3.08. The molecule has 0 aliphatic carbocycles. The van der Waals surface area contributed by atoms with Crippen LogP contribution in [0.15, 0.2) is 24.3 Å². The fourth-order valence-corrected chi connectivity index (χ4v) is 1.29. The third-order valence-corrected chi connectivity index (χ3v) is 2.23. The van der Waals surface area contributed by atoms with E-state index in [2.05, 4.69) is 0 Å². The fourth-order valence-electron chi connectivity index (χ4n) is 1.29. The lowest BCUT2D eigenvalue weighted by Crippen LogP contribution is -2.20. The van der Waals surface area contributed by atoms with Crippen molar-refractivity contribution < 1.29 is 9.59 Å². The molecule has 80 valence electrons. The molecule has 0 saturated heterocycles. The van der Waals surface area contributed by atoms with Crippen molar-refractivity contribution in [3.8, 4) is 0 Å². The van der Waals surface area contributed by atoms with Gasteiger partial charge in [0, 0.05) is 16.5 Å². The van der Waals surface area contributed by atoms with Crippen LogP contribution < -0.4 is 0 Å². The number of ketones is 2. The molecule has 2 heteroatoms. The van der Waals surface area contributed by atoms with E-state index in [0.717, 1.165) is 0 Å². The summed E-state index contributed by atoms with van der Waals surface area (Å²) in [6.45, 7) is 7.16. The van der Waals surface area contributed by atoms with Gasteiger partial charge < -0.3 is 0 Å². The molecule has 1 rings (SSSR count). The number of benzene rings is 1. The number of hydrogen-bond donors (Lipinski definition) is 0. The molecule has 0 unspecified atom stereocenters. The lowest BCUT2D eigenvalue weighted by atomic mass is 9.86. The second-order valence-electron chi connectivity index (χ2n) is 4.71. The normalized spacial score (nSPS) is 11.2. The van der Waals surface area contributed by atoms with Crippen LogP contribution >= 0.6 is 0 Å². The maximum atomic E-state index is 11.9. The number of Topliss-reactive ketones (excluding diaryl/α,β-unsaturated/α-hetero) is 2. The van der Waals surface area contributed by atoms with Gasteiger partial charge in [0.25, 0.3) is 0 Å². The fraction of sp³-hybridized carbons (Fsp3) is 0.385. The monoisotopic (exact) mass is 204 g/mol. The number of carbonyl (C=O) groups excluding carboxylic acids is 2. The van der Waals surface area contributed by atoms with E-state index >= 15 is 0 Å². The van der Waals surface area contributed by atoms with E-state index < -0.39 is 0 Å². The van der Waals surface area contributed by atoms with Gasteiger partial charge in [-0.1, -0.05) is 45.0 Å². The molecule has 0 aliphatic rings. The van der Waals surface area contributed by atoms with Gasteiger partial charge in [0.2, 0.25) is 0 Å². The molecule has 0 amide bonds. The van der Waals surface area contributed by atoms with Crippen LogP contribution in [0.5, 0.6) is 0 Å². The second-order valence-corrected chi connectivity index (χ2v) is 4.71. The van der Waals surface area contributed by atoms with Gasteiger partial charge in [-0.3, -0.25) is 9.59 Å². The van der Waals surface area contributed by atoms with Crippen molar-refractivity contribution in [2.24, 2.45) is 5.41 Å². The first-order valence-corrected chi connectivity index (χ1v) is 4.98. The molecular weight excluding hydrogens is 188 g/mol. The van der Waals surface area contributed by atoms with Crippen LogP contribution in [-0.4, -0.2) is 11.6 Å². The Balaban J connectivity index is 3.00. The third kappa shape index (κ3) is 2.75. The quantitative estimate of drug-likeness (QED) is 0.693. The Morgan fingerprint density at radius 2 is 1.33 bits per heavy atom.